The molecule has 2 rings (SSSR count). The van der Waals surface area contributed by atoms with Crippen molar-refractivity contribution in [2.75, 3.05) is 10.5 Å². The summed E-state index contributed by atoms with van der Waals surface area (Å²) in [6.07, 6.45) is 0. The number of nitrogen functional groups attached to an aromatic ring is 1. The summed E-state index contributed by atoms with van der Waals surface area (Å²) in [6, 6.07) is 7.69. The number of anilines is 2. The molecule has 112 valence electrons. The van der Waals surface area contributed by atoms with Crippen LogP contribution < -0.4 is 10.5 Å². The fraction of sp³-hybridized carbons (Fsp3) is 0.0769. The number of benzene rings is 2. The van der Waals surface area contributed by atoms with Gasteiger partial charge in [-0.2, -0.15) is 0 Å². The lowest BCUT2D eigenvalue weighted by atomic mass is 10.2. The molecule has 0 atom stereocenters. The van der Waals surface area contributed by atoms with Crippen LogP contribution in [0.3, 0.4) is 0 Å². The molecule has 0 saturated heterocycles. The highest BCUT2D eigenvalue weighted by Gasteiger charge is 2.24. The zero-order valence-electron chi connectivity index (χ0n) is 10.8. The van der Waals surface area contributed by atoms with Crippen molar-refractivity contribution in [3.8, 4) is 0 Å². The Morgan fingerprint density at radius 3 is 2.62 bits per heavy atom. The van der Waals surface area contributed by atoms with E-state index in [1.807, 2.05) is 13.0 Å². The van der Waals surface area contributed by atoms with Gasteiger partial charge in [-0.15, -0.1) is 0 Å². The molecule has 2 aromatic carbocycles. The van der Waals surface area contributed by atoms with Gasteiger partial charge in [-0.25, -0.2) is 12.8 Å². The molecule has 8 heteroatoms. The minimum atomic E-state index is -4.13. The van der Waals surface area contributed by atoms with Gasteiger partial charge in [0.1, 0.15) is 4.90 Å². The largest absolute Gasteiger partial charge is 0.395 e. The Morgan fingerprint density at radius 1 is 1.33 bits per heavy atom. The monoisotopic (exact) mass is 392 g/mol. The maximum absolute atomic E-state index is 14.1. The number of nitrogens with two attached hydrogens (primary N) is 1. The average molecular weight is 394 g/mol. The van der Waals surface area contributed by atoms with E-state index in [-0.39, 0.29) is 15.2 Å². The number of hydrogen-bond donors (Lipinski definition) is 2. The first kappa shape index (κ1) is 16.1. The second kappa shape index (κ2) is 5.82. The highest BCUT2D eigenvalue weighted by atomic mass is 79.9. The third-order valence-electron chi connectivity index (χ3n) is 2.72. The van der Waals surface area contributed by atoms with Gasteiger partial charge in [-0.1, -0.05) is 23.7 Å². The molecule has 0 aliphatic rings. The highest BCUT2D eigenvalue weighted by molar-refractivity contribution is 9.10. The van der Waals surface area contributed by atoms with E-state index in [0.29, 0.717) is 5.69 Å². The van der Waals surface area contributed by atoms with Crippen LogP contribution in [0.4, 0.5) is 15.8 Å². The number of hydrogen-bond acceptors (Lipinski definition) is 3. The molecule has 2 aromatic rings. The van der Waals surface area contributed by atoms with E-state index in [9.17, 15) is 12.8 Å². The second-order valence-electron chi connectivity index (χ2n) is 4.37. The summed E-state index contributed by atoms with van der Waals surface area (Å²) in [5, 5.41) is 0.0125. The van der Waals surface area contributed by atoms with Crippen molar-refractivity contribution in [2.24, 2.45) is 0 Å². The summed E-state index contributed by atoms with van der Waals surface area (Å²) in [5.41, 5.74) is 6.34. The van der Waals surface area contributed by atoms with Crippen LogP contribution in [0, 0.1) is 12.7 Å². The third kappa shape index (κ3) is 3.30. The predicted octanol–water partition coefficient (Wildman–Crippen LogP) is 3.93. The summed E-state index contributed by atoms with van der Waals surface area (Å²) in [7, 11) is -4.13. The van der Waals surface area contributed by atoms with Crippen LogP contribution in [0.15, 0.2) is 39.7 Å². The Labute approximate surface area is 135 Å². The van der Waals surface area contributed by atoms with Gasteiger partial charge in [0.05, 0.1) is 15.2 Å². The maximum atomic E-state index is 14.1. The van der Waals surface area contributed by atoms with Gasteiger partial charge in [0, 0.05) is 5.69 Å². The Hall–Kier alpha value is -1.31. The van der Waals surface area contributed by atoms with Gasteiger partial charge in [-0.05, 0) is 46.6 Å². The minimum Gasteiger partial charge on any atom is -0.395 e. The summed E-state index contributed by atoms with van der Waals surface area (Å²) < 4.78 is 41.0. The maximum Gasteiger partial charge on any atom is 0.264 e. The molecule has 0 spiro atoms. The normalized spacial score (nSPS) is 11.4. The number of nitrogens with one attached hydrogen (secondary N) is 1. The number of aryl methyl sites for hydroxylation is 1. The van der Waals surface area contributed by atoms with Crippen molar-refractivity contribution in [3.63, 3.8) is 0 Å². The summed E-state index contributed by atoms with van der Waals surface area (Å²) in [4.78, 5) is -0.602. The number of rotatable bonds is 3. The van der Waals surface area contributed by atoms with E-state index in [0.717, 1.165) is 11.6 Å². The molecule has 4 nitrogen and oxygen atoms in total. The Bertz CT molecular complexity index is 812. The van der Waals surface area contributed by atoms with Gasteiger partial charge in [0.2, 0.25) is 0 Å². The molecule has 0 aromatic heterocycles. The summed E-state index contributed by atoms with van der Waals surface area (Å²) in [6.45, 7) is 1.81. The van der Waals surface area contributed by atoms with E-state index >= 15 is 0 Å². The van der Waals surface area contributed by atoms with Crippen LogP contribution in [0.25, 0.3) is 0 Å². The Balaban J connectivity index is 2.50. The van der Waals surface area contributed by atoms with Crippen LogP contribution in [-0.2, 0) is 10.0 Å². The van der Waals surface area contributed by atoms with Crippen molar-refractivity contribution in [1.82, 2.24) is 0 Å². The summed E-state index contributed by atoms with van der Waals surface area (Å²) in [5.74, 6) is -1.05. The van der Waals surface area contributed by atoms with Crippen LogP contribution in [-0.4, -0.2) is 8.42 Å². The molecule has 21 heavy (non-hydrogen) atoms. The van der Waals surface area contributed by atoms with E-state index in [2.05, 4.69) is 20.7 Å². The molecule has 0 unspecified atom stereocenters. The first-order valence-corrected chi connectivity index (χ1v) is 8.40. The second-order valence-corrected chi connectivity index (χ2v) is 7.22. The van der Waals surface area contributed by atoms with Gasteiger partial charge in [-0.3, -0.25) is 4.72 Å². The van der Waals surface area contributed by atoms with Crippen LogP contribution in [0.5, 0.6) is 0 Å². The lowest BCUT2D eigenvalue weighted by Gasteiger charge is -2.12. The third-order valence-corrected chi connectivity index (χ3v) is 5.48. The van der Waals surface area contributed by atoms with Crippen LogP contribution in [0.2, 0.25) is 5.02 Å². The van der Waals surface area contributed by atoms with Gasteiger partial charge >= 0.3 is 0 Å². The molecule has 0 amide bonds. The zero-order valence-corrected chi connectivity index (χ0v) is 14.0. The van der Waals surface area contributed by atoms with Crippen molar-refractivity contribution in [1.29, 1.82) is 0 Å². The lowest BCUT2D eigenvalue weighted by Crippen LogP contribution is -2.16. The molecule has 0 radical (unpaired) electrons. The van der Waals surface area contributed by atoms with Crippen LogP contribution >= 0.6 is 27.5 Å². The summed E-state index contributed by atoms with van der Waals surface area (Å²) >= 11 is 8.83. The SMILES string of the molecule is Cc1cccc(NS(=O)(=O)c2cc(Cl)c(Br)c(N)c2F)c1. The number of sulfonamides is 1. The Morgan fingerprint density at radius 2 is 2.00 bits per heavy atom. The van der Waals surface area contributed by atoms with Gasteiger partial charge < -0.3 is 5.73 Å². The topological polar surface area (TPSA) is 72.2 Å². The van der Waals surface area contributed by atoms with Gasteiger partial charge in [0.15, 0.2) is 5.82 Å². The van der Waals surface area contributed by atoms with Crippen molar-refractivity contribution >= 4 is 48.9 Å². The van der Waals surface area contributed by atoms with E-state index < -0.39 is 20.7 Å². The quantitative estimate of drug-likeness (QED) is 0.613. The lowest BCUT2D eigenvalue weighted by molar-refractivity contribution is 0.572. The van der Waals surface area contributed by atoms with Crippen molar-refractivity contribution < 1.29 is 12.8 Å². The predicted molar refractivity (Wildman–Crippen MR) is 85.5 cm³/mol. The minimum absolute atomic E-state index is 0.0125. The molecular formula is C13H11BrClFN2O2S. The van der Waals surface area contributed by atoms with Crippen molar-refractivity contribution in [2.45, 2.75) is 11.8 Å². The smallest absolute Gasteiger partial charge is 0.264 e. The van der Waals surface area contributed by atoms with E-state index in [1.54, 1.807) is 18.2 Å². The van der Waals surface area contributed by atoms with Crippen LogP contribution in [0.1, 0.15) is 5.56 Å². The first-order chi connectivity index (χ1) is 9.72. The zero-order chi connectivity index (χ0) is 15.8. The average Bonchev–Trinajstić information content (AvgIpc) is 2.40. The van der Waals surface area contributed by atoms with E-state index in [4.69, 9.17) is 17.3 Å². The fourth-order valence-corrected chi connectivity index (χ4v) is 3.44. The van der Waals surface area contributed by atoms with Gasteiger partial charge in [0.25, 0.3) is 10.0 Å². The Kier molecular flexibility index (Phi) is 4.46. The molecule has 0 heterocycles. The molecular weight excluding hydrogens is 383 g/mol. The number of halogens is 3. The van der Waals surface area contributed by atoms with Crippen molar-refractivity contribution in [3.05, 3.63) is 51.2 Å². The molecule has 0 aliphatic heterocycles. The molecule has 0 bridgehead atoms. The highest BCUT2D eigenvalue weighted by Crippen LogP contribution is 2.35. The molecule has 0 fully saturated rings. The molecule has 3 N–H and O–H groups in total. The fourth-order valence-electron chi connectivity index (χ4n) is 1.71. The standard InChI is InChI=1S/C13H11BrClFN2O2S/c1-7-3-2-4-8(5-7)18-21(19,20)10-6-9(15)11(14)13(17)12(10)16/h2-6,18H,17H2,1H3. The van der Waals surface area contributed by atoms with E-state index in [1.165, 1.54) is 0 Å². The molecule has 0 aliphatic carbocycles. The molecule has 0 saturated carbocycles. The first-order valence-electron chi connectivity index (χ1n) is 5.75.